The third-order valence-corrected chi connectivity index (χ3v) is 9.95. The van der Waals surface area contributed by atoms with E-state index in [4.69, 9.17) is 15.0 Å². The number of rotatable bonds is 19. The summed E-state index contributed by atoms with van der Waals surface area (Å²) in [5.41, 5.74) is 7.15. The van der Waals surface area contributed by atoms with E-state index < -0.39 is 23.8 Å². The SMILES string of the molecule is C=CCCCCCCCC(=O)N[C@@H](CCCN=C(N)N[N+](=O)[O-])C(=O)N[C@@H](CC(C)C)B1O[C@@H]2C[C@@H]3C[C@@H](C3(C)C)[C@]2(C)O1. The fraction of sp³-hybridized carbons (Fsp3) is 0.839. The van der Waals surface area contributed by atoms with Gasteiger partial charge in [-0.2, -0.15) is 0 Å². The summed E-state index contributed by atoms with van der Waals surface area (Å²) < 4.78 is 13.2. The number of nitrogens with one attached hydrogen (secondary N) is 3. The number of unbranched alkanes of at least 4 members (excludes halogenated alkanes) is 5. The third-order valence-electron chi connectivity index (χ3n) is 9.95. The van der Waals surface area contributed by atoms with Crippen LogP contribution in [0.3, 0.4) is 0 Å². The van der Waals surface area contributed by atoms with E-state index in [0.717, 1.165) is 51.4 Å². The number of nitrogens with zero attached hydrogens (tertiary/aromatic N) is 2. The molecule has 0 unspecified atom stereocenters. The van der Waals surface area contributed by atoms with Crippen molar-refractivity contribution in [2.24, 2.45) is 33.9 Å². The molecular weight excluding hydrogens is 563 g/mol. The van der Waals surface area contributed by atoms with Crippen LogP contribution in [0.2, 0.25) is 0 Å². The molecule has 44 heavy (non-hydrogen) atoms. The van der Waals surface area contributed by atoms with Gasteiger partial charge in [-0.25, -0.2) is 15.1 Å². The van der Waals surface area contributed by atoms with Crippen molar-refractivity contribution in [3.63, 3.8) is 0 Å². The quantitative estimate of drug-likeness (QED) is 0.0319. The van der Waals surface area contributed by atoms with Gasteiger partial charge < -0.3 is 25.7 Å². The molecule has 6 atom stereocenters. The highest BCUT2D eigenvalue weighted by molar-refractivity contribution is 6.48. The second-order valence-corrected chi connectivity index (χ2v) is 14.1. The normalized spacial score (nSPS) is 26.7. The van der Waals surface area contributed by atoms with Crippen LogP contribution in [0.15, 0.2) is 17.6 Å². The predicted molar refractivity (Wildman–Crippen MR) is 172 cm³/mol. The first-order chi connectivity index (χ1) is 20.8. The predicted octanol–water partition coefficient (Wildman–Crippen LogP) is 4.06. The monoisotopic (exact) mass is 618 g/mol. The fourth-order valence-electron chi connectivity index (χ4n) is 7.36. The lowest BCUT2D eigenvalue weighted by Gasteiger charge is -2.64. The number of nitro groups is 1. The van der Waals surface area contributed by atoms with Gasteiger partial charge >= 0.3 is 7.12 Å². The maximum absolute atomic E-state index is 13.7. The van der Waals surface area contributed by atoms with Gasteiger partial charge in [0, 0.05) is 13.0 Å². The Bertz CT molecular complexity index is 1040. The number of aliphatic imine (C=N–C) groups is 1. The van der Waals surface area contributed by atoms with Crippen LogP contribution >= 0.6 is 0 Å². The number of nitrogens with two attached hydrogens (primary N) is 1. The molecule has 13 heteroatoms. The Balaban J connectivity index is 1.63. The summed E-state index contributed by atoms with van der Waals surface area (Å²) in [6.07, 6.45) is 11.7. The molecule has 5 N–H and O–H groups in total. The maximum atomic E-state index is 13.7. The minimum atomic E-state index is -0.796. The smallest absolute Gasteiger partial charge is 0.404 e. The summed E-state index contributed by atoms with van der Waals surface area (Å²) in [5.74, 6) is 0.143. The van der Waals surface area contributed by atoms with Gasteiger partial charge in [-0.15, -0.1) is 6.58 Å². The van der Waals surface area contributed by atoms with Crippen LogP contribution in [0.5, 0.6) is 0 Å². The first kappa shape index (κ1) is 35.8. The molecule has 2 amide bonds. The molecule has 0 spiro atoms. The zero-order chi connectivity index (χ0) is 32.5. The van der Waals surface area contributed by atoms with Crippen LogP contribution in [0.4, 0.5) is 0 Å². The summed E-state index contributed by atoms with van der Waals surface area (Å²) >= 11 is 0. The lowest BCUT2D eigenvalue weighted by atomic mass is 9.43. The minimum absolute atomic E-state index is 0.000736. The number of allylic oxidation sites excluding steroid dienone is 1. The maximum Gasteiger partial charge on any atom is 0.481 e. The highest BCUT2D eigenvalue weighted by Crippen LogP contribution is 2.65. The molecule has 248 valence electrons. The highest BCUT2D eigenvalue weighted by Gasteiger charge is 2.68. The number of hydrazine groups is 1. The van der Waals surface area contributed by atoms with Gasteiger partial charge in [-0.1, -0.05) is 58.5 Å². The van der Waals surface area contributed by atoms with Crippen molar-refractivity contribution < 1.29 is 23.9 Å². The van der Waals surface area contributed by atoms with Gasteiger partial charge in [-0.05, 0) is 81.5 Å². The number of hydrogen-bond donors (Lipinski definition) is 4. The molecular formula is C31H55BN6O6. The van der Waals surface area contributed by atoms with E-state index in [-0.39, 0.29) is 47.7 Å². The van der Waals surface area contributed by atoms with Crippen molar-refractivity contribution in [2.75, 3.05) is 6.54 Å². The molecule has 0 radical (unpaired) electrons. The number of guanidine groups is 1. The molecule has 12 nitrogen and oxygen atoms in total. The molecule has 0 aromatic carbocycles. The van der Waals surface area contributed by atoms with Crippen LogP contribution in [0.1, 0.15) is 112 Å². The first-order valence-corrected chi connectivity index (χ1v) is 16.5. The third kappa shape index (κ3) is 9.42. The van der Waals surface area contributed by atoms with E-state index >= 15 is 0 Å². The largest absolute Gasteiger partial charge is 0.481 e. The van der Waals surface area contributed by atoms with Crippen LogP contribution in [0.25, 0.3) is 0 Å². The topological polar surface area (TPSA) is 170 Å². The molecule has 1 aliphatic heterocycles. The van der Waals surface area contributed by atoms with Gasteiger partial charge in [0.05, 0.1) is 17.6 Å². The zero-order valence-electron chi connectivity index (χ0n) is 27.4. The van der Waals surface area contributed by atoms with E-state index in [0.29, 0.717) is 37.5 Å². The van der Waals surface area contributed by atoms with Crippen molar-refractivity contribution in [3.05, 3.63) is 22.8 Å². The van der Waals surface area contributed by atoms with Crippen molar-refractivity contribution in [1.82, 2.24) is 16.1 Å². The van der Waals surface area contributed by atoms with Gasteiger partial charge in [0.2, 0.25) is 11.8 Å². The molecule has 1 saturated heterocycles. The van der Waals surface area contributed by atoms with Gasteiger partial charge in [0.15, 0.2) is 5.03 Å². The van der Waals surface area contributed by atoms with Crippen molar-refractivity contribution in [2.45, 2.75) is 135 Å². The van der Waals surface area contributed by atoms with Gasteiger partial charge in [-0.3, -0.25) is 9.59 Å². The number of hydrogen-bond acceptors (Lipinski definition) is 7. The second-order valence-electron chi connectivity index (χ2n) is 14.1. The van der Waals surface area contributed by atoms with E-state index in [1.807, 2.05) is 11.5 Å². The Hall–Kier alpha value is -2.67. The van der Waals surface area contributed by atoms with E-state index in [9.17, 15) is 19.7 Å². The number of amides is 2. The fourth-order valence-corrected chi connectivity index (χ4v) is 7.36. The van der Waals surface area contributed by atoms with E-state index in [2.05, 4.69) is 56.8 Å². The Morgan fingerprint density at radius 1 is 1.14 bits per heavy atom. The summed E-state index contributed by atoms with van der Waals surface area (Å²) in [6.45, 7) is 14.9. The Kier molecular flexibility index (Phi) is 13.1. The summed E-state index contributed by atoms with van der Waals surface area (Å²) in [4.78, 5) is 41.2. The average molecular weight is 619 g/mol. The average Bonchev–Trinajstić information content (AvgIpc) is 3.30. The molecule has 3 aliphatic carbocycles. The first-order valence-electron chi connectivity index (χ1n) is 16.5. The summed E-state index contributed by atoms with van der Waals surface area (Å²) in [6, 6.07) is -0.796. The number of carbonyl (C=O) groups is 2. The zero-order valence-corrected chi connectivity index (χ0v) is 27.4. The molecule has 3 saturated carbocycles. The van der Waals surface area contributed by atoms with Crippen LogP contribution in [-0.4, -0.2) is 60.2 Å². The molecule has 1 heterocycles. The molecule has 0 aromatic rings. The van der Waals surface area contributed by atoms with Gasteiger partial charge in [0.1, 0.15) is 6.04 Å². The molecule has 4 rings (SSSR count). The van der Waals surface area contributed by atoms with Crippen molar-refractivity contribution in [1.29, 1.82) is 0 Å². The summed E-state index contributed by atoms with van der Waals surface area (Å²) in [7, 11) is -0.568. The number of carbonyl (C=O) groups excluding carboxylic acids is 2. The molecule has 0 aromatic heterocycles. The second kappa shape index (κ2) is 16.1. The highest BCUT2D eigenvalue weighted by atomic mass is 16.7. The Morgan fingerprint density at radius 3 is 2.50 bits per heavy atom. The molecule has 4 aliphatic rings. The summed E-state index contributed by atoms with van der Waals surface area (Å²) in [5, 5.41) is 15.9. The van der Waals surface area contributed by atoms with Gasteiger partial charge in [0.25, 0.3) is 5.96 Å². The lowest BCUT2D eigenvalue weighted by molar-refractivity contribution is -0.525. The van der Waals surface area contributed by atoms with E-state index in [1.54, 1.807) is 0 Å². The lowest BCUT2D eigenvalue weighted by Crippen LogP contribution is -2.65. The Morgan fingerprint density at radius 2 is 1.84 bits per heavy atom. The minimum Gasteiger partial charge on any atom is -0.404 e. The van der Waals surface area contributed by atoms with Crippen molar-refractivity contribution >= 4 is 24.9 Å². The molecule has 4 fully saturated rings. The van der Waals surface area contributed by atoms with E-state index in [1.165, 1.54) is 0 Å². The van der Waals surface area contributed by atoms with Crippen LogP contribution in [0, 0.1) is 33.3 Å². The van der Waals surface area contributed by atoms with Crippen LogP contribution in [-0.2, 0) is 18.9 Å². The molecule has 2 bridgehead atoms. The van der Waals surface area contributed by atoms with Crippen LogP contribution < -0.4 is 21.8 Å². The Labute approximate surface area is 263 Å². The standard InChI is InChI=1S/C31H55BN6O6/c1-7-8-9-10-11-12-13-16-27(39)35-23(15-14-17-34-29(33)37-38(41)42)28(40)36-26(18-21(2)3)32-43-25-20-22-19-24(30(22,4)5)31(25,6)44-32/h7,21-26H,1,8-20H2,2-6H3,(H,35,39)(H,36,40)(H3,33,34,37)/t22-,23-,24-,25+,26-,31-/m0/s1. The van der Waals surface area contributed by atoms with Crippen molar-refractivity contribution in [3.8, 4) is 0 Å².